The summed E-state index contributed by atoms with van der Waals surface area (Å²) in [5, 5.41) is 4.95. The quantitative estimate of drug-likeness (QED) is 0.567. The lowest BCUT2D eigenvalue weighted by atomic mass is 10.1. The number of nitrogens with one attached hydrogen (secondary N) is 1. The molecule has 4 rings (SSSR count). The number of anilines is 1. The molecule has 1 amide bonds. The first-order valence-corrected chi connectivity index (χ1v) is 11.9. The molecule has 1 fully saturated rings. The summed E-state index contributed by atoms with van der Waals surface area (Å²) in [6, 6.07) is 17.6. The average molecular weight is 494 g/mol. The van der Waals surface area contributed by atoms with E-state index in [9.17, 15) is 26.4 Å². The number of amides is 1. The van der Waals surface area contributed by atoms with Crippen molar-refractivity contribution < 1.29 is 31.1 Å². The molecule has 1 N–H and O–H groups in total. The fourth-order valence-corrected chi connectivity index (χ4v) is 5.18. The van der Waals surface area contributed by atoms with Gasteiger partial charge in [-0.1, -0.05) is 30.3 Å². The Morgan fingerprint density at radius 3 is 2.21 bits per heavy atom. The normalized spacial score (nSPS) is 15.9. The van der Waals surface area contributed by atoms with E-state index in [2.05, 4.69) is 10.1 Å². The first kappa shape index (κ1) is 24.0. The minimum atomic E-state index is -4.85. The predicted molar refractivity (Wildman–Crippen MR) is 121 cm³/mol. The Balaban J connectivity index is 1.31. The second-order valence-corrected chi connectivity index (χ2v) is 9.75. The van der Waals surface area contributed by atoms with Crippen LogP contribution in [-0.4, -0.2) is 62.6 Å². The van der Waals surface area contributed by atoms with Crippen LogP contribution in [0.15, 0.2) is 71.6 Å². The minimum absolute atomic E-state index is 0.115. The van der Waals surface area contributed by atoms with Crippen molar-refractivity contribution in [1.29, 1.82) is 0 Å². The van der Waals surface area contributed by atoms with Crippen molar-refractivity contribution in [2.24, 2.45) is 0 Å². The molecule has 0 aliphatic carbocycles. The van der Waals surface area contributed by atoms with Crippen LogP contribution < -0.4 is 10.1 Å². The van der Waals surface area contributed by atoms with Crippen molar-refractivity contribution in [3.8, 4) is 5.75 Å². The summed E-state index contributed by atoms with van der Waals surface area (Å²) < 4.78 is 67.6. The van der Waals surface area contributed by atoms with Crippen LogP contribution in [0.4, 0.5) is 18.9 Å². The number of carbonyl (C=O) groups is 1. The zero-order valence-electron chi connectivity index (χ0n) is 18.0. The summed E-state index contributed by atoms with van der Waals surface area (Å²) in [6.07, 6.45) is -4.85. The van der Waals surface area contributed by atoms with Gasteiger partial charge in [0.1, 0.15) is 5.75 Å². The van der Waals surface area contributed by atoms with Crippen molar-refractivity contribution >= 4 is 32.4 Å². The number of benzene rings is 3. The molecule has 0 spiro atoms. The van der Waals surface area contributed by atoms with Crippen molar-refractivity contribution in [1.82, 2.24) is 9.21 Å². The maximum absolute atomic E-state index is 12.8. The van der Waals surface area contributed by atoms with Gasteiger partial charge in [0.15, 0.2) is 0 Å². The van der Waals surface area contributed by atoms with Crippen molar-refractivity contribution in [2.75, 3.05) is 38.0 Å². The molecule has 1 saturated heterocycles. The van der Waals surface area contributed by atoms with E-state index < -0.39 is 22.1 Å². The molecule has 1 aliphatic rings. The van der Waals surface area contributed by atoms with Gasteiger partial charge in [0.2, 0.25) is 15.9 Å². The van der Waals surface area contributed by atoms with Gasteiger partial charge >= 0.3 is 6.36 Å². The lowest BCUT2D eigenvalue weighted by Gasteiger charge is -2.33. The van der Waals surface area contributed by atoms with Crippen LogP contribution in [-0.2, 0) is 14.8 Å². The Kier molecular flexibility index (Phi) is 6.78. The summed E-state index contributed by atoms with van der Waals surface area (Å²) >= 11 is 0. The highest BCUT2D eigenvalue weighted by molar-refractivity contribution is 7.89. The van der Waals surface area contributed by atoms with E-state index in [1.54, 1.807) is 0 Å². The first-order valence-electron chi connectivity index (χ1n) is 10.5. The minimum Gasteiger partial charge on any atom is -0.406 e. The molecule has 180 valence electrons. The van der Waals surface area contributed by atoms with E-state index in [0.29, 0.717) is 18.8 Å². The molecule has 1 aliphatic heterocycles. The largest absolute Gasteiger partial charge is 0.573 e. The van der Waals surface area contributed by atoms with Crippen molar-refractivity contribution in [2.45, 2.75) is 11.3 Å². The summed E-state index contributed by atoms with van der Waals surface area (Å²) in [5.41, 5.74) is 0.683. The SMILES string of the molecule is O=C(CN1CCN(S(=O)(=O)c2ccc(OC(F)(F)F)cc2)CC1)Nc1ccc2ccccc2c1. The Hall–Kier alpha value is -3.15. The van der Waals surface area contributed by atoms with E-state index in [1.807, 2.05) is 47.4 Å². The molecule has 0 radical (unpaired) electrons. The van der Waals surface area contributed by atoms with Gasteiger partial charge < -0.3 is 10.1 Å². The Morgan fingerprint density at radius 1 is 0.912 bits per heavy atom. The number of halogens is 3. The molecule has 3 aromatic rings. The number of hydrogen-bond acceptors (Lipinski definition) is 5. The van der Waals surface area contributed by atoms with E-state index in [-0.39, 0.29) is 30.4 Å². The third-order valence-corrected chi connectivity index (χ3v) is 7.34. The average Bonchev–Trinajstić information content (AvgIpc) is 2.78. The predicted octanol–water partition coefficient (Wildman–Crippen LogP) is 3.68. The lowest BCUT2D eigenvalue weighted by molar-refractivity contribution is -0.274. The standard InChI is InChI=1S/C23H22F3N3O4S/c24-23(25,26)33-20-7-9-21(10-8-20)34(31,32)29-13-11-28(12-14-29)16-22(30)27-19-6-5-17-3-1-2-4-18(17)15-19/h1-10,15H,11-14,16H2,(H,27,30). The third-order valence-electron chi connectivity index (χ3n) is 5.43. The van der Waals surface area contributed by atoms with Gasteiger partial charge in [0.25, 0.3) is 0 Å². The maximum Gasteiger partial charge on any atom is 0.573 e. The summed E-state index contributed by atoms with van der Waals surface area (Å²) in [7, 11) is -3.87. The molecule has 34 heavy (non-hydrogen) atoms. The molecule has 0 atom stereocenters. The van der Waals surface area contributed by atoms with Crippen LogP contribution in [0.25, 0.3) is 10.8 Å². The van der Waals surface area contributed by atoms with Crippen LogP contribution in [0, 0.1) is 0 Å². The highest BCUT2D eigenvalue weighted by atomic mass is 32.2. The Morgan fingerprint density at radius 2 is 1.56 bits per heavy atom. The highest BCUT2D eigenvalue weighted by Gasteiger charge is 2.32. The van der Waals surface area contributed by atoms with Crippen LogP contribution in [0.3, 0.4) is 0 Å². The number of alkyl halides is 3. The Labute approximate surface area is 194 Å². The Bertz CT molecular complexity index is 1270. The van der Waals surface area contributed by atoms with Gasteiger partial charge in [-0.3, -0.25) is 9.69 Å². The molecule has 0 unspecified atom stereocenters. The molecule has 11 heteroatoms. The number of hydrogen-bond donors (Lipinski definition) is 1. The molecule has 0 bridgehead atoms. The van der Waals surface area contributed by atoms with Crippen molar-refractivity contribution in [3.63, 3.8) is 0 Å². The van der Waals surface area contributed by atoms with Crippen LogP contribution >= 0.6 is 0 Å². The molecule has 3 aromatic carbocycles. The zero-order chi connectivity index (χ0) is 24.3. The smallest absolute Gasteiger partial charge is 0.406 e. The number of ether oxygens (including phenoxy) is 1. The van der Waals surface area contributed by atoms with Crippen molar-refractivity contribution in [3.05, 3.63) is 66.7 Å². The molecule has 0 aromatic heterocycles. The zero-order valence-corrected chi connectivity index (χ0v) is 18.8. The van der Waals surface area contributed by atoms with Gasteiger partial charge in [-0.15, -0.1) is 13.2 Å². The molecule has 7 nitrogen and oxygen atoms in total. The number of carbonyl (C=O) groups excluding carboxylic acids is 1. The van der Waals surface area contributed by atoms with E-state index in [1.165, 1.54) is 4.31 Å². The van der Waals surface area contributed by atoms with E-state index in [4.69, 9.17) is 0 Å². The lowest BCUT2D eigenvalue weighted by Crippen LogP contribution is -2.50. The fraction of sp³-hybridized carbons (Fsp3) is 0.261. The van der Waals surface area contributed by atoms with Crippen LogP contribution in [0.2, 0.25) is 0 Å². The number of piperazine rings is 1. The number of rotatable bonds is 6. The first-order chi connectivity index (χ1) is 16.1. The molecular formula is C23H22F3N3O4S. The van der Waals surface area contributed by atoms with Crippen LogP contribution in [0.1, 0.15) is 0 Å². The highest BCUT2D eigenvalue weighted by Crippen LogP contribution is 2.25. The van der Waals surface area contributed by atoms with Gasteiger partial charge in [-0.2, -0.15) is 4.31 Å². The second-order valence-electron chi connectivity index (χ2n) is 7.81. The van der Waals surface area contributed by atoms with Gasteiger partial charge in [0.05, 0.1) is 11.4 Å². The van der Waals surface area contributed by atoms with E-state index >= 15 is 0 Å². The van der Waals surface area contributed by atoms with Gasteiger partial charge in [-0.25, -0.2) is 8.42 Å². The summed E-state index contributed by atoms with van der Waals surface area (Å²) in [5.74, 6) is -0.694. The second kappa shape index (κ2) is 9.61. The summed E-state index contributed by atoms with van der Waals surface area (Å²) in [4.78, 5) is 14.2. The fourth-order valence-electron chi connectivity index (χ4n) is 3.76. The number of sulfonamides is 1. The third kappa shape index (κ3) is 5.85. The monoisotopic (exact) mass is 493 g/mol. The van der Waals surface area contributed by atoms with E-state index in [0.717, 1.165) is 35.0 Å². The topological polar surface area (TPSA) is 79.0 Å². The maximum atomic E-state index is 12.8. The van der Waals surface area contributed by atoms with Gasteiger partial charge in [-0.05, 0) is 47.2 Å². The number of nitrogens with zero attached hydrogens (tertiary/aromatic N) is 2. The molecular weight excluding hydrogens is 471 g/mol. The molecule has 1 heterocycles. The summed E-state index contributed by atoms with van der Waals surface area (Å²) in [6.45, 7) is 1.13. The van der Waals surface area contributed by atoms with Crippen LogP contribution in [0.5, 0.6) is 5.75 Å². The number of fused-ring (bicyclic) bond motifs is 1. The molecule has 0 saturated carbocycles. The van der Waals surface area contributed by atoms with Gasteiger partial charge in [0, 0.05) is 31.9 Å².